The minimum Gasteiger partial charge on any atom is -0.348 e. The van der Waals surface area contributed by atoms with Crippen molar-refractivity contribution in [2.24, 2.45) is 14.1 Å². The van der Waals surface area contributed by atoms with E-state index in [2.05, 4.69) is 10.3 Å². The average Bonchev–Trinajstić information content (AvgIpc) is 3.01. The topological polar surface area (TPSA) is 90.9 Å². The quantitative estimate of drug-likeness (QED) is 0.721. The van der Waals surface area contributed by atoms with Crippen LogP contribution >= 0.6 is 0 Å². The van der Waals surface area contributed by atoms with Crippen molar-refractivity contribution in [2.75, 3.05) is 0 Å². The fourth-order valence-corrected chi connectivity index (χ4v) is 2.83. The largest absolute Gasteiger partial charge is 0.348 e. The zero-order valence-corrected chi connectivity index (χ0v) is 14.9. The lowest BCUT2D eigenvalue weighted by atomic mass is 10.1. The fraction of sp³-hybridized carbons (Fsp3) is 0.294. The molecule has 0 saturated heterocycles. The molecule has 0 bridgehead atoms. The highest BCUT2D eigenvalue weighted by molar-refractivity contribution is 5.77. The number of carbonyl (C=O) groups is 1. The lowest BCUT2D eigenvalue weighted by molar-refractivity contribution is -0.122. The molecule has 1 amide bonds. The van der Waals surface area contributed by atoms with Gasteiger partial charge in [0.15, 0.2) is 22.8 Å². The molecule has 0 radical (unpaired) electrons. The zero-order chi connectivity index (χ0) is 19.9. The number of carbonyl (C=O) groups excluding carboxylic acids is 1. The highest BCUT2D eigenvalue weighted by Crippen LogP contribution is 2.15. The molecule has 8 nitrogen and oxygen atoms in total. The van der Waals surface area contributed by atoms with Crippen LogP contribution < -0.4 is 16.6 Å². The van der Waals surface area contributed by atoms with Crippen LogP contribution in [0.5, 0.6) is 0 Å². The molecule has 0 spiro atoms. The first kappa shape index (κ1) is 18.5. The summed E-state index contributed by atoms with van der Waals surface area (Å²) >= 11 is 0. The number of hydrogen-bond acceptors (Lipinski definition) is 4. The molecule has 3 aromatic rings. The van der Waals surface area contributed by atoms with Crippen molar-refractivity contribution in [3.8, 4) is 0 Å². The molecule has 0 aliphatic carbocycles. The number of rotatable bonds is 4. The van der Waals surface area contributed by atoms with Crippen LogP contribution in [0, 0.1) is 11.6 Å². The summed E-state index contributed by atoms with van der Waals surface area (Å²) in [5.74, 6) is -2.63. The standard InChI is InChI=1S/C17H17F2N5O3/c1-9(10-4-5-11(18)12(19)6-10)21-13(25)7-24-16(26)14-15(20-8-22(14)2)23(3)17(24)27/h4-6,8-9H,7H2,1-3H3,(H,21,25)/t9-/m0/s1. The van der Waals surface area contributed by atoms with E-state index in [4.69, 9.17) is 0 Å². The lowest BCUT2D eigenvalue weighted by Gasteiger charge is -2.15. The first-order chi connectivity index (χ1) is 12.7. The van der Waals surface area contributed by atoms with Gasteiger partial charge in [-0.25, -0.2) is 23.1 Å². The van der Waals surface area contributed by atoms with Gasteiger partial charge < -0.3 is 9.88 Å². The number of benzene rings is 1. The number of halogens is 2. The van der Waals surface area contributed by atoms with Crippen LogP contribution in [-0.2, 0) is 25.4 Å². The summed E-state index contributed by atoms with van der Waals surface area (Å²) in [7, 11) is 3.06. The SMILES string of the molecule is C[C@H](NC(=O)Cn1c(=O)c2c(ncn2C)n(C)c1=O)c1ccc(F)c(F)c1. The number of fused-ring (bicyclic) bond motifs is 1. The van der Waals surface area contributed by atoms with Gasteiger partial charge in [-0.05, 0) is 24.6 Å². The third-order valence-corrected chi connectivity index (χ3v) is 4.32. The van der Waals surface area contributed by atoms with E-state index in [1.54, 1.807) is 14.0 Å². The van der Waals surface area contributed by atoms with Gasteiger partial charge in [-0.15, -0.1) is 0 Å². The Morgan fingerprint density at radius 1 is 1.22 bits per heavy atom. The summed E-state index contributed by atoms with van der Waals surface area (Å²) in [6.45, 7) is 1.07. The molecule has 2 heterocycles. The van der Waals surface area contributed by atoms with Gasteiger partial charge in [0.1, 0.15) is 6.54 Å². The predicted molar refractivity (Wildman–Crippen MR) is 93.1 cm³/mol. The second-order valence-corrected chi connectivity index (χ2v) is 6.22. The van der Waals surface area contributed by atoms with Gasteiger partial charge >= 0.3 is 5.69 Å². The monoisotopic (exact) mass is 377 g/mol. The lowest BCUT2D eigenvalue weighted by Crippen LogP contribution is -2.43. The van der Waals surface area contributed by atoms with E-state index in [0.29, 0.717) is 5.56 Å². The van der Waals surface area contributed by atoms with Crippen molar-refractivity contribution in [1.29, 1.82) is 0 Å². The van der Waals surface area contributed by atoms with E-state index in [1.807, 2.05) is 0 Å². The number of aryl methyl sites for hydroxylation is 2. The van der Waals surface area contributed by atoms with Crippen molar-refractivity contribution in [3.63, 3.8) is 0 Å². The summed E-state index contributed by atoms with van der Waals surface area (Å²) in [5, 5.41) is 2.56. The highest BCUT2D eigenvalue weighted by Gasteiger charge is 2.18. The molecule has 0 aliphatic heterocycles. The van der Waals surface area contributed by atoms with Gasteiger partial charge in [0.25, 0.3) is 5.56 Å². The Morgan fingerprint density at radius 3 is 2.59 bits per heavy atom. The molecule has 2 aromatic heterocycles. The predicted octanol–water partition coefficient (Wildman–Crippen LogP) is 0.589. The van der Waals surface area contributed by atoms with Gasteiger partial charge in [0.05, 0.1) is 12.4 Å². The summed E-state index contributed by atoms with van der Waals surface area (Å²) in [5.41, 5.74) is -0.548. The fourth-order valence-electron chi connectivity index (χ4n) is 2.83. The third kappa shape index (κ3) is 3.25. The molecule has 10 heteroatoms. The van der Waals surface area contributed by atoms with Crippen LogP contribution in [0.15, 0.2) is 34.1 Å². The second kappa shape index (κ2) is 6.78. The maximum Gasteiger partial charge on any atom is 0.332 e. The Kier molecular flexibility index (Phi) is 4.64. The Morgan fingerprint density at radius 2 is 1.93 bits per heavy atom. The summed E-state index contributed by atoms with van der Waals surface area (Å²) in [6.07, 6.45) is 1.40. The van der Waals surface area contributed by atoms with Crippen LogP contribution in [-0.4, -0.2) is 24.6 Å². The van der Waals surface area contributed by atoms with Gasteiger partial charge in [0.2, 0.25) is 5.91 Å². The van der Waals surface area contributed by atoms with Gasteiger partial charge in [0, 0.05) is 14.1 Å². The van der Waals surface area contributed by atoms with Crippen molar-refractivity contribution >= 4 is 17.1 Å². The first-order valence-corrected chi connectivity index (χ1v) is 8.06. The number of amides is 1. The van der Waals surface area contributed by atoms with Crippen molar-refractivity contribution < 1.29 is 13.6 Å². The minimum atomic E-state index is -1.03. The molecular formula is C17H17F2N5O3. The first-order valence-electron chi connectivity index (χ1n) is 8.06. The van der Waals surface area contributed by atoms with Crippen LogP contribution in [0.2, 0.25) is 0 Å². The third-order valence-electron chi connectivity index (χ3n) is 4.32. The van der Waals surface area contributed by atoms with E-state index in [-0.39, 0.29) is 11.2 Å². The molecular weight excluding hydrogens is 360 g/mol. The molecule has 27 heavy (non-hydrogen) atoms. The van der Waals surface area contributed by atoms with Crippen molar-refractivity contribution in [1.82, 2.24) is 24.0 Å². The van der Waals surface area contributed by atoms with Crippen molar-refractivity contribution in [3.05, 3.63) is 62.6 Å². The molecule has 1 atom stereocenters. The maximum atomic E-state index is 13.3. The average molecular weight is 377 g/mol. The normalized spacial score (nSPS) is 12.3. The number of nitrogens with zero attached hydrogens (tertiary/aromatic N) is 4. The molecule has 142 valence electrons. The molecule has 3 rings (SSSR count). The Balaban J connectivity index is 1.88. The summed E-state index contributed by atoms with van der Waals surface area (Å²) in [4.78, 5) is 41.3. The van der Waals surface area contributed by atoms with E-state index in [9.17, 15) is 23.2 Å². The Hall–Kier alpha value is -3.30. The molecule has 0 saturated carbocycles. The molecule has 1 N–H and O–H groups in total. The van der Waals surface area contributed by atoms with Gasteiger partial charge in [-0.3, -0.25) is 14.2 Å². The number of nitrogens with one attached hydrogen (secondary N) is 1. The summed E-state index contributed by atoms with van der Waals surface area (Å²) in [6, 6.07) is 2.64. The van der Waals surface area contributed by atoms with E-state index >= 15 is 0 Å². The van der Waals surface area contributed by atoms with E-state index < -0.39 is 41.4 Å². The van der Waals surface area contributed by atoms with Crippen molar-refractivity contribution in [2.45, 2.75) is 19.5 Å². The molecule has 0 fully saturated rings. The van der Waals surface area contributed by atoms with Gasteiger partial charge in [-0.1, -0.05) is 6.07 Å². The van der Waals surface area contributed by atoms with E-state index in [1.165, 1.54) is 28.6 Å². The molecule has 0 aliphatic rings. The molecule has 0 unspecified atom stereocenters. The number of imidazole rings is 1. The smallest absolute Gasteiger partial charge is 0.332 e. The summed E-state index contributed by atoms with van der Waals surface area (Å²) < 4.78 is 29.8. The molecule has 1 aromatic carbocycles. The highest BCUT2D eigenvalue weighted by atomic mass is 19.2. The number of aromatic nitrogens is 4. The number of hydrogen-bond donors (Lipinski definition) is 1. The van der Waals surface area contributed by atoms with E-state index in [0.717, 1.165) is 16.7 Å². The second-order valence-electron chi connectivity index (χ2n) is 6.22. The maximum absolute atomic E-state index is 13.3. The van der Waals surface area contributed by atoms with Crippen LogP contribution in [0.25, 0.3) is 11.2 Å². The van der Waals surface area contributed by atoms with Crippen LogP contribution in [0.4, 0.5) is 8.78 Å². The van der Waals surface area contributed by atoms with Crippen LogP contribution in [0.1, 0.15) is 18.5 Å². The Bertz CT molecular complexity index is 1160. The van der Waals surface area contributed by atoms with Crippen LogP contribution in [0.3, 0.4) is 0 Å². The Labute approximate surface area is 151 Å². The zero-order valence-electron chi connectivity index (χ0n) is 14.9. The minimum absolute atomic E-state index is 0.193. The van der Waals surface area contributed by atoms with Gasteiger partial charge in [-0.2, -0.15) is 0 Å².